The fraction of sp³-hybridized carbons (Fsp3) is 0.550. The predicted octanol–water partition coefficient (Wildman–Crippen LogP) is 4.15. The van der Waals surface area contributed by atoms with E-state index in [1.54, 1.807) is 34.2 Å². The Morgan fingerprint density at radius 1 is 1.26 bits per heavy atom. The van der Waals surface area contributed by atoms with Gasteiger partial charge in [-0.2, -0.15) is 18.2 Å². The number of nitrogens with zero attached hydrogens (tertiary/aromatic N) is 5. The summed E-state index contributed by atoms with van der Waals surface area (Å²) >= 11 is 1.73. The third-order valence-corrected chi connectivity index (χ3v) is 6.99. The summed E-state index contributed by atoms with van der Waals surface area (Å²) in [6, 6.07) is 3.58. The molecule has 1 saturated heterocycles. The number of aryl methyl sites for hydroxylation is 1. The van der Waals surface area contributed by atoms with Crippen LogP contribution < -0.4 is 15.0 Å². The van der Waals surface area contributed by atoms with Gasteiger partial charge in [-0.05, 0) is 43.7 Å². The van der Waals surface area contributed by atoms with Crippen molar-refractivity contribution in [1.29, 1.82) is 0 Å². The van der Waals surface area contributed by atoms with E-state index in [0.717, 1.165) is 30.9 Å². The van der Waals surface area contributed by atoms with E-state index < -0.39 is 19.2 Å². The van der Waals surface area contributed by atoms with Gasteiger partial charge in [-0.1, -0.05) is 0 Å². The zero-order valence-electron chi connectivity index (χ0n) is 17.0. The van der Waals surface area contributed by atoms with Crippen LogP contribution in [0.25, 0.3) is 5.65 Å². The van der Waals surface area contributed by atoms with Crippen molar-refractivity contribution in [2.45, 2.75) is 38.4 Å². The van der Waals surface area contributed by atoms with E-state index in [2.05, 4.69) is 25.3 Å². The highest BCUT2D eigenvalue weighted by molar-refractivity contribution is 7.15. The lowest BCUT2D eigenvalue weighted by atomic mass is 9.92. The molecule has 7 nitrogen and oxygen atoms in total. The second-order valence-corrected chi connectivity index (χ2v) is 9.39. The number of rotatable bonds is 6. The van der Waals surface area contributed by atoms with E-state index in [1.165, 1.54) is 5.00 Å². The fourth-order valence-corrected chi connectivity index (χ4v) is 5.41. The van der Waals surface area contributed by atoms with Crippen LogP contribution in [0.4, 0.5) is 24.1 Å². The predicted molar refractivity (Wildman–Crippen MR) is 112 cm³/mol. The molecule has 5 rings (SSSR count). The molecule has 2 bridgehead atoms. The molecule has 3 aromatic rings. The van der Waals surface area contributed by atoms with Crippen LogP contribution in [0.2, 0.25) is 0 Å². The molecule has 1 unspecified atom stereocenters. The van der Waals surface area contributed by atoms with Gasteiger partial charge in [-0.15, -0.1) is 16.4 Å². The summed E-state index contributed by atoms with van der Waals surface area (Å²) < 4.78 is 44.2. The molecule has 11 heteroatoms. The molecule has 31 heavy (non-hydrogen) atoms. The molecule has 1 saturated carbocycles. The smallest absolute Gasteiger partial charge is 0.392 e. The Morgan fingerprint density at radius 3 is 2.71 bits per heavy atom. The largest absolute Gasteiger partial charge is 0.489 e. The highest BCUT2D eigenvalue weighted by Gasteiger charge is 2.43. The number of hydrogen-bond acceptors (Lipinski definition) is 7. The van der Waals surface area contributed by atoms with E-state index in [4.69, 9.17) is 4.74 Å². The second-order valence-electron chi connectivity index (χ2n) is 8.18. The first kappa shape index (κ1) is 20.3. The van der Waals surface area contributed by atoms with E-state index in [-0.39, 0.29) is 6.04 Å². The van der Waals surface area contributed by atoms with Crippen LogP contribution in [0, 0.1) is 18.8 Å². The zero-order valence-corrected chi connectivity index (χ0v) is 17.8. The van der Waals surface area contributed by atoms with Crippen LogP contribution in [0.5, 0.6) is 5.75 Å². The Balaban J connectivity index is 1.28. The third kappa shape index (κ3) is 4.28. The van der Waals surface area contributed by atoms with Crippen LogP contribution in [0.1, 0.15) is 24.3 Å². The number of thiazole rings is 1. The average Bonchev–Trinajstić information content (AvgIpc) is 3.37. The van der Waals surface area contributed by atoms with Crippen molar-refractivity contribution < 1.29 is 17.9 Å². The lowest BCUT2D eigenvalue weighted by Crippen LogP contribution is -2.48. The molecule has 1 aliphatic heterocycles. The molecule has 0 spiro atoms. The van der Waals surface area contributed by atoms with Gasteiger partial charge in [0.2, 0.25) is 5.95 Å². The number of fused-ring (bicyclic) bond motifs is 3. The summed E-state index contributed by atoms with van der Waals surface area (Å²) in [4.78, 5) is 11.3. The molecule has 0 amide bonds. The number of ether oxygens (including phenoxy) is 1. The van der Waals surface area contributed by atoms with Crippen molar-refractivity contribution >= 4 is 27.9 Å². The van der Waals surface area contributed by atoms with Gasteiger partial charge in [0.1, 0.15) is 5.00 Å². The first-order valence-corrected chi connectivity index (χ1v) is 11.2. The summed E-state index contributed by atoms with van der Waals surface area (Å²) in [6.45, 7) is 3.51. The number of aromatic nitrogens is 4. The van der Waals surface area contributed by atoms with Crippen molar-refractivity contribution in [1.82, 2.24) is 19.6 Å². The molecule has 4 heterocycles. The minimum atomic E-state index is -4.25. The van der Waals surface area contributed by atoms with Gasteiger partial charge in [0.05, 0.1) is 24.2 Å². The quantitative estimate of drug-likeness (QED) is 0.606. The minimum Gasteiger partial charge on any atom is -0.489 e. The highest BCUT2D eigenvalue weighted by Crippen LogP contribution is 2.41. The lowest BCUT2D eigenvalue weighted by Gasteiger charge is -2.38. The molecule has 166 valence electrons. The monoisotopic (exact) mass is 452 g/mol. The van der Waals surface area contributed by atoms with E-state index in [1.807, 2.05) is 13.1 Å². The summed E-state index contributed by atoms with van der Waals surface area (Å²) in [5, 5.41) is 10.3. The first-order valence-electron chi connectivity index (χ1n) is 10.3. The number of alkyl halides is 3. The molecule has 0 aromatic carbocycles. The fourth-order valence-electron chi connectivity index (χ4n) is 4.62. The van der Waals surface area contributed by atoms with E-state index in [9.17, 15) is 13.2 Å². The molecule has 2 fully saturated rings. The molecule has 2 aliphatic rings. The molecule has 0 radical (unpaired) electrons. The van der Waals surface area contributed by atoms with Gasteiger partial charge in [0, 0.05) is 25.3 Å². The molecular weight excluding hydrogens is 429 g/mol. The number of halogens is 3. The molecule has 3 atom stereocenters. The molecule has 1 aliphatic carbocycles. The van der Waals surface area contributed by atoms with Crippen LogP contribution in [-0.2, 0) is 0 Å². The molecule has 3 aromatic heterocycles. The van der Waals surface area contributed by atoms with Crippen molar-refractivity contribution in [3.8, 4) is 5.75 Å². The van der Waals surface area contributed by atoms with Crippen LogP contribution in [0.3, 0.4) is 0 Å². The summed E-state index contributed by atoms with van der Waals surface area (Å²) in [5.41, 5.74) is 0.414. The zero-order chi connectivity index (χ0) is 21.6. The SMILES string of the molecule is Cc1ncc(N2CC3CC[C@@H](C2)[C@@H]3Nc2nc3c(OCCC(F)(F)F)cccn3n2)s1. The second kappa shape index (κ2) is 7.85. The normalized spacial score (nSPS) is 23.5. The topological polar surface area (TPSA) is 67.6 Å². The minimum absolute atomic E-state index is 0.275. The highest BCUT2D eigenvalue weighted by atomic mass is 32.1. The van der Waals surface area contributed by atoms with Crippen LogP contribution in [0.15, 0.2) is 24.5 Å². The molecular formula is C20H23F3N6OS. The maximum absolute atomic E-state index is 12.4. The van der Waals surface area contributed by atoms with Crippen molar-refractivity contribution in [2.24, 2.45) is 11.8 Å². The van der Waals surface area contributed by atoms with Crippen molar-refractivity contribution in [2.75, 3.05) is 29.9 Å². The molecule has 1 N–H and O–H groups in total. The standard InChI is InChI=1S/C20H23F3N6OS/c1-12-24-9-16(31-12)28-10-13-4-5-14(11-28)17(13)25-19-26-18-15(3-2-7-29(18)27-19)30-8-6-20(21,22)23/h2-3,7,9,13-14,17H,4-6,8,10-11H2,1H3,(H,25,27)/t13-,14?,17-/m0/s1. The van der Waals surface area contributed by atoms with Gasteiger partial charge in [-0.3, -0.25) is 0 Å². The summed E-state index contributed by atoms with van der Waals surface area (Å²) in [6.07, 6.45) is 0.711. The third-order valence-electron chi connectivity index (χ3n) is 6.02. The van der Waals surface area contributed by atoms with Gasteiger partial charge in [0.25, 0.3) is 0 Å². The number of piperidine rings is 1. The first-order chi connectivity index (χ1) is 14.9. The van der Waals surface area contributed by atoms with Crippen molar-refractivity contribution in [3.63, 3.8) is 0 Å². The Kier molecular flexibility index (Phi) is 5.15. The van der Waals surface area contributed by atoms with Gasteiger partial charge < -0.3 is 15.0 Å². The van der Waals surface area contributed by atoms with E-state index in [0.29, 0.717) is 29.2 Å². The lowest BCUT2D eigenvalue weighted by molar-refractivity contribution is -0.139. The van der Waals surface area contributed by atoms with E-state index >= 15 is 0 Å². The van der Waals surface area contributed by atoms with Gasteiger partial charge in [0.15, 0.2) is 11.4 Å². The number of pyridine rings is 1. The Labute approximate surface area is 181 Å². The van der Waals surface area contributed by atoms with Crippen LogP contribution in [-0.4, -0.2) is 51.5 Å². The average molecular weight is 453 g/mol. The Hall–Kier alpha value is -2.56. The number of hydrogen-bond donors (Lipinski definition) is 1. The maximum Gasteiger partial charge on any atom is 0.392 e. The number of anilines is 2. The van der Waals surface area contributed by atoms with Gasteiger partial charge in [-0.25, -0.2) is 9.50 Å². The van der Waals surface area contributed by atoms with Crippen molar-refractivity contribution in [3.05, 3.63) is 29.5 Å². The van der Waals surface area contributed by atoms with Crippen LogP contribution >= 0.6 is 11.3 Å². The maximum atomic E-state index is 12.4. The summed E-state index contributed by atoms with van der Waals surface area (Å²) in [5.74, 6) is 1.74. The Bertz CT molecular complexity index is 1050. The number of nitrogens with one attached hydrogen (secondary N) is 1. The van der Waals surface area contributed by atoms with Gasteiger partial charge >= 0.3 is 6.18 Å². The Morgan fingerprint density at radius 2 is 2.03 bits per heavy atom. The summed E-state index contributed by atoms with van der Waals surface area (Å²) in [7, 11) is 0.